The summed E-state index contributed by atoms with van der Waals surface area (Å²) in [5.41, 5.74) is 1.64. The topological polar surface area (TPSA) is 82.0 Å². The summed E-state index contributed by atoms with van der Waals surface area (Å²) < 4.78 is 14.7. The third kappa shape index (κ3) is 7.88. The van der Waals surface area contributed by atoms with Gasteiger partial charge in [-0.05, 0) is 44.9 Å². The fourth-order valence-corrected chi connectivity index (χ4v) is 7.02. The van der Waals surface area contributed by atoms with Gasteiger partial charge in [0.2, 0.25) is 5.91 Å². The highest BCUT2D eigenvalue weighted by atomic mass is 127. The molecular formula is C27H36I2N2O4. The number of nitrogens with zero attached hydrogens (tertiary/aromatic N) is 1. The number of benzene rings is 2. The van der Waals surface area contributed by atoms with Crippen molar-refractivity contribution in [2.24, 2.45) is 5.92 Å². The zero-order valence-electron chi connectivity index (χ0n) is 20.4. The highest BCUT2D eigenvalue weighted by molar-refractivity contribution is 14.3. The second-order valence-electron chi connectivity index (χ2n) is 9.22. The fourth-order valence-electron chi connectivity index (χ4n) is 4.29. The number of nitrogens with one attached hydrogen (secondary N) is 1. The number of likely N-dealkylation sites (tertiary alicyclic amines) is 1. The second kappa shape index (κ2) is 13.4. The summed E-state index contributed by atoms with van der Waals surface area (Å²) in [5, 5.41) is 23.2. The van der Waals surface area contributed by atoms with Crippen molar-refractivity contribution in [3.63, 3.8) is 0 Å². The van der Waals surface area contributed by atoms with E-state index in [1.54, 1.807) is 6.92 Å². The number of amides is 1. The number of hydrogen-bond donors (Lipinski definition) is 3. The first kappa shape index (κ1) is 28.4. The molecule has 0 aliphatic carbocycles. The molecular weight excluding hydrogens is 670 g/mol. The van der Waals surface area contributed by atoms with Crippen LogP contribution in [0.2, 0.25) is 0 Å². The Kier molecular flexibility index (Phi) is 10.8. The minimum Gasteiger partial charge on any atom is -0.471 e. The first-order chi connectivity index (χ1) is 16.8. The Morgan fingerprint density at radius 3 is 2.63 bits per heavy atom. The molecule has 192 valence electrons. The Morgan fingerprint density at radius 1 is 1.26 bits per heavy atom. The van der Waals surface area contributed by atoms with Gasteiger partial charge >= 0.3 is 0 Å². The number of carbonyl (C=O) groups excluding carboxylic acids is 1. The summed E-state index contributed by atoms with van der Waals surface area (Å²) in [7, 11) is 0. The van der Waals surface area contributed by atoms with Crippen molar-refractivity contribution in [1.29, 1.82) is 0 Å². The molecule has 3 rings (SSSR count). The van der Waals surface area contributed by atoms with Crippen LogP contribution in [0.5, 0.6) is 5.75 Å². The average molecular weight is 706 g/mol. The SMILES string of the molecule is C=IC(Oc1cc(NC(=O)[C@@H](C)c2ccccc2)ccc1CN1CCC[C@H]([C@](C)(O)CO)C1)I=C. The summed E-state index contributed by atoms with van der Waals surface area (Å²) in [4.78, 5) is 15.2. The fraction of sp³-hybridized carbons (Fsp3) is 0.444. The van der Waals surface area contributed by atoms with Gasteiger partial charge in [0, 0.05) is 36.3 Å². The molecule has 1 saturated heterocycles. The zero-order valence-corrected chi connectivity index (χ0v) is 24.7. The first-order valence-electron chi connectivity index (χ1n) is 11.7. The lowest BCUT2D eigenvalue weighted by atomic mass is 9.83. The van der Waals surface area contributed by atoms with Crippen LogP contribution in [0.3, 0.4) is 0 Å². The van der Waals surface area contributed by atoms with E-state index in [2.05, 4.69) is 19.2 Å². The number of rotatable bonds is 11. The third-order valence-electron chi connectivity index (χ3n) is 6.59. The van der Waals surface area contributed by atoms with Gasteiger partial charge in [-0.2, -0.15) is 0 Å². The van der Waals surface area contributed by atoms with Crippen molar-refractivity contribution in [2.45, 2.75) is 46.9 Å². The summed E-state index contributed by atoms with van der Waals surface area (Å²) in [6.07, 6.45) is 1.87. The summed E-state index contributed by atoms with van der Waals surface area (Å²) in [5.74, 6) is 0.454. The van der Waals surface area contributed by atoms with Crippen molar-refractivity contribution in [1.82, 2.24) is 4.90 Å². The quantitative estimate of drug-likeness (QED) is 0.230. The number of alkyl halides is 2. The molecule has 2 aromatic rings. The molecule has 0 bridgehead atoms. The van der Waals surface area contributed by atoms with Crippen LogP contribution in [0.15, 0.2) is 48.5 Å². The molecule has 1 aliphatic rings. The molecule has 35 heavy (non-hydrogen) atoms. The van der Waals surface area contributed by atoms with Crippen molar-refractivity contribution in [3.05, 3.63) is 59.7 Å². The number of hydrogen-bond acceptors (Lipinski definition) is 5. The lowest BCUT2D eigenvalue weighted by molar-refractivity contribution is -0.117. The third-order valence-corrected chi connectivity index (χ3v) is 12.9. The Morgan fingerprint density at radius 2 is 1.97 bits per heavy atom. The van der Waals surface area contributed by atoms with Crippen LogP contribution < -0.4 is 10.1 Å². The summed E-state index contributed by atoms with van der Waals surface area (Å²) in [6.45, 7) is 5.70. The summed E-state index contributed by atoms with van der Waals surface area (Å²) in [6, 6.07) is 15.6. The number of anilines is 1. The van der Waals surface area contributed by atoms with Crippen molar-refractivity contribution < 1.29 is 19.7 Å². The molecule has 0 radical (unpaired) electrons. The smallest absolute Gasteiger partial charge is 0.231 e. The standard InChI is InChI=1S/C27H36I2N2O4/c1-19(20-9-6-5-7-10-20)25(33)30-23-13-12-21(24(15-23)35-26(28-3)29-4)16-31-14-8-11-22(17-31)27(2,34)18-32/h5-7,9-10,12-13,15,19,22,26,32,34H,3-4,8,11,14,16-18H2,1-2H3,(H,30,33)/t19-,22-,27+/m0/s1. The maximum absolute atomic E-state index is 12.9. The Balaban J connectivity index is 1.79. The number of ether oxygens (including phenoxy) is 1. The Bertz CT molecular complexity index is 1010. The van der Waals surface area contributed by atoms with E-state index in [9.17, 15) is 15.0 Å². The van der Waals surface area contributed by atoms with Gasteiger partial charge in [-0.25, -0.2) is 0 Å². The number of halogens is 2. The number of aliphatic hydroxyl groups excluding tert-OH is 1. The largest absolute Gasteiger partial charge is 0.471 e. The normalized spacial score (nSPS) is 19.2. The van der Waals surface area contributed by atoms with Crippen LogP contribution in [0, 0.1) is 5.92 Å². The molecule has 0 aromatic heterocycles. The van der Waals surface area contributed by atoms with E-state index in [1.807, 2.05) is 55.5 Å². The highest BCUT2D eigenvalue weighted by Crippen LogP contribution is 2.33. The Labute approximate surface area is 228 Å². The maximum Gasteiger partial charge on any atom is 0.231 e. The molecule has 6 nitrogen and oxygen atoms in total. The van der Waals surface area contributed by atoms with Gasteiger partial charge in [0.05, 0.1) is 18.1 Å². The predicted octanol–water partition coefficient (Wildman–Crippen LogP) is 4.85. The monoisotopic (exact) mass is 706 g/mol. The number of carbonyl (C=O) groups is 1. The molecule has 3 N–H and O–H groups in total. The van der Waals surface area contributed by atoms with Crippen LogP contribution in [0.1, 0.15) is 43.7 Å². The van der Waals surface area contributed by atoms with Crippen LogP contribution in [-0.4, -0.2) is 57.5 Å². The number of piperidine rings is 1. The average Bonchev–Trinajstić information content (AvgIpc) is 2.88. The van der Waals surface area contributed by atoms with E-state index in [4.69, 9.17) is 4.74 Å². The van der Waals surface area contributed by atoms with Gasteiger partial charge in [0.1, 0.15) is 5.75 Å². The van der Waals surface area contributed by atoms with Crippen LogP contribution in [0.25, 0.3) is 0 Å². The summed E-state index contributed by atoms with van der Waals surface area (Å²) >= 11 is -0.719. The van der Waals surface area contributed by atoms with Crippen LogP contribution >= 0.6 is 41.5 Å². The Hall–Kier alpha value is -1.21. The molecule has 1 heterocycles. The predicted molar refractivity (Wildman–Crippen MR) is 162 cm³/mol. The van der Waals surface area contributed by atoms with Crippen molar-refractivity contribution in [3.8, 4) is 5.75 Å². The van der Waals surface area contributed by atoms with E-state index >= 15 is 0 Å². The van der Waals surface area contributed by atoms with E-state index in [0.717, 1.165) is 36.3 Å². The van der Waals surface area contributed by atoms with Crippen LogP contribution in [0.4, 0.5) is 5.69 Å². The van der Waals surface area contributed by atoms with Crippen molar-refractivity contribution >= 4 is 62.1 Å². The molecule has 0 unspecified atom stereocenters. The van der Waals surface area contributed by atoms with E-state index < -0.39 is 5.60 Å². The molecule has 1 amide bonds. The van der Waals surface area contributed by atoms with Gasteiger partial charge in [0.25, 0.3) is 0 Å². The molecule has 0 spiro atoms. The van der Waals surface area contributed by atoms with Gasteiger partial charge in [0.15, 0.2) is 2.12 Å². The lowest BCUT2D eigenvalue weighted by Crippen LogP contribution is -2.47. The number of aliphatic hydroxyl groups is 2. The lowest BCUT2D eigenvalue weighted by Gasteiger charge is -2.39. The molecule has 1 fully saturated rings. The highest BCUT2D eigenvalue weighted by Gasteiger charge is 2.34. The molecule has 0 saturated carbocycles. The second-order valence-corrected chi connectivity index (χ2v) is 15.6. The maximum atomic E-state index is 12.9. The van der Waals surface area contributed by atoms with Gasteiger partial charge in [-0.15, -0.1) is 0 Å². The van der Waals surface area contributed by atoms with Gasteiger partial charge in [-0.3, -0.25) is 9.69 Å². The first-order valence-corrected chi connectivity index (χ1v) is 17.3. The van der Waals surface area contributed by atoms with Crippen molar-refractivity contribution in [2.75, 3.05) is 25.0 Å². The molecule has 8 heteroatoms. The van der Waals surface area contributed by atoms with E-state index in [1.165, 1.54) is 0 Å². The minimum absolute atomic E-state index is 0.0211. The zero-order chi connectivity index (χ0) is 25.4. The van der Waals surface area contributed by atoms with Crippen LogP contribution in [-0.2, 0) is 11.3 Å². The molecule has 3 atom stereocenters. The molecule has 2 aromatic carbocycles. The molecule has 1 aliphatic heterocycles. The van der Waals surface area contributed by atoms with E-state index in [0.29, 0.717) is 18.8 Å². The van der Waals surface area contributed by atoms with E-state index in [-0.39, 0.29) is 67.9 Å². The van der Waals surface area contributed by atoms with Gasteiger partial charge < -0.3 is 20.3 Å². The van der Waals surface area contributed by atoms with Gasteiger partial charge in [-0.1, -0.05) is 86.9 Å². The minimum atomic E-state index is -1.08.